The Balaban J connectivity index is 1.71. The second-order valence-corrected chi connectivity index (χ2v) is 8.52. The third-order valence-electron chi connectivity index (χ3n) is 5.61. The maximum absolute atomic E-state index is 12.7. The average Bonchev–Trinajstić information content (AvgIpc) is 3.46. The highest BCUT2D eigenvalue weighted by Gasteiger charge is 2.56. The molecule has 4 rings (SSSR count). The first-order valence-electron chi connectivity index (χ1n) is 11.3. The first-order chi connectivity index (χ1) is 17.1. The highest BCUT2D eigenvalue weighted by molar-refractivity contribution is 6.00. The summed E-state index contributed by atoms with van der Waals surface area (Å²) in [6.07, 6.45) is -1.94. The van der Waals surface area contributed by atoms with Gasteiger partial charge in [-0.15, -0.1) is 5.10 Å². The lowest BCUT2D eigenvalue weighted by Crippen LogP contribution is -2.39. The molecule has 4 heterocycles. The fourth-order valence-corrected chi connectivity index (χ4v) is 4.18. The minimum atomic E-state index is -1.02. The zero-order valence-corrected chi connectivity index (χ0v) is 20.1. The van der Waals surface area contributed by atoms with Crippen LogP contribution < -0.4 is 11.2 Å². The van der Waals surface area contributed by atoms with Gasteiger partial charge in [0.15, 0.2) is 17.7 Å². The van der Waals surface area contributed by atoms with E-state index in [1.54, 1.807) is 27.7 Å². The monoisotopic (exact) mass is 509 g/mol. The molecule has 36 heavy (non-hydrogen) atoms. The number of nitrogens with zero attached hydrogens (tertiary/aromatic N) is 4. The molecular formula is C21H27N5O10. The van der Waals surface area contributed by atoms with Crippen molar-refractivity contribution < 1.29 is 38.4 Å². The Hall–Kier alpha value is -3.40. The van der Waals surface area contributed by atoms with E-state index >= 15 is 0 Å². The van der Waals surface area contributed by atoms with Gasteiger partial charge < -0.3 is 28.8 Å². The molecule has 2 aromatic rings. The third kappa shape index (κ3) is 4.69. The van der Waals surface area contributed by atoms with E-state index in [9.17, 15) is 24.3 Å². The molecule has 0 unspecified atom stereocenters. The summed E-state index contributed by atoms with van der Waals surface area (Å²) in [6, 6.07) is 0. The van der Waals surface area contributed by atoms with E-state index in [1.165, 1.54) is 6.20 Å². The molecule has 2 saturated heterocycles. The molecule has 2 aliphatic rings. The number of aromatic amines is 1. The smallest absolute Gasteiger partial charge is 0.361 e. The van der Waals surface area contributed by atoms with Crippen molar-refractivity contribution in [2.45, 2.75) is 64.6 Å². The Kier molecular flexibility index (Phi) is 7.08. The number of hydrogen-bond donors (Lipinski definition) is 2. The molecule has 0 bridgehead atoms. The quantitative estimate of drug-likeness (QED) is 0.411. The van der Waals surface area contributed by atoms with Crippen molar-refractivity contribution in [3.8, 4) is 0 Å². The lowest BCUT2D eigenvalue weighted by Gasteiger charge is -2.24. The van der Waals surface area contributed by atoms with E-state index in [-0.39, 0.29) is 43.3 Å². The van der Waals surface area contributed by atoms with Crippen LogP contribution in [0, 0.1) is 0 Å². The number of aromatic nitrogens is 5. The van der Waals surface area contributed by atoms with Gasteiger partial charge in [0.2, 0.25) is 5.69 Å². The minimum Gasteiger partial charge on any atom is -0.461 e. The Bertz CT molecular complexity index is 1260. The van der Waals surface area contributed by atoms with E-state index in [0.29, 0.717) is 0 Å². The van der Waals surface area contributed by atoms with Crippen LogP contribution in [0.4, 0.5) is 0 Å². The van der Waals surface area contributed by atoms with Crippen LogP contribution in [-0.2, 0) is 30.2 Å². The highest BCUT2D eigenvalue weighted by atomic mass is 16.8. The standard InChI is InChI=1S/C21H27N5O10/c1-5-32-18(29)12-13(19(30)33-6-2)26(24-23-12)8-10-7-25(20(31)22-16(10)28)17-15-14(11(9-27)34-17)35-21(3,4)36-15/h7,11,14-15,17,27H,5-6,8-9H2,1-4H3,(H,22,28,31)/t11-,14-,15-,17-/m1/s1. The maximum atomic E-state index is 12.7. The number of esters is 2. The predicted octanol–water partition coefficient (Wildman–Crippen LogP) is -1.06. The van der Waals surface area contributed by atoms with Gasteiger partial charge in [0.1, 0.15) is 18.3 Å². The lowest BCUT2D eigenvalue weighted by molar-refractivity contribution is -0.200. The SMILES string of the molecule is CCOC(=O)c1nnn(Cc2cn([C@@H]3O[C@H](CO)[C@H]4OC(C)(C)O[C@H]43)c(=O)[nH]c2=O)c1C(=O)OCC. The van der Waals surface area contributed by atoms with Crippen LogP contribution in [0.3, 0.4) is 0 Å². The van der Waals surface area contributed by atoms with Gasteiger partial charge in [-0.1, -0.05) is 5.21 Å². The topological polar surface area (TPSA) is 186 Å². The van der Waals surface area contributed by atoms with Crippen LogP contribution in [0.15, 0.2) is 15.8 Å². The van der Waals surface area contributed by atoms with E-state index in [4.69, 9.17) is 23.7 Å². The number of H-pyrrole nitrogens is 1. The van der Waals surface area contributed by atoms with Crippen LogP contribution in [0.25, 0.3) is 0 Å². The zero-order chi connectivity index (χ0) is 26.2. The molecule has 15 nitrogen and oxygen atoms in total. The summed E-state index contributed by atoms with van der Waals surface area (Å²) in [5, 5.41) is 17.3. The summed E-state index contributed by atoms with van der Waals surface area (Å²) in [5.41, 5.74) is -2.22. The first kappa shape index (κ1) is 25.7. The molecule has 0 spiro atoms. The van der Waals surface area contributed by atoms with E-state index in [2.05, 4.69) is 15.3 Å². The van der Waals surface area contributed by atoms with Gasteiger partial charge in [0, 0.05) is 6.20 Å². The van der Waals surface area contributed by atoms with E-state index < -0.39 is 53.5 Å². The van der Waals surface area contributed by atoms with Gasteiger partial charge in [-0.25, -0.2) is 19.1 Å². The van der Waals surface area contributed by atoms with Gasteiger partial charge >= 0.3 is 17.6 Å². The van der Waals surface area contributed by atoms with Crippen LogP contribution >= 0.6 is 0 Å². The Morgan fingerprint density at radius 1 is 1.14 bits per heavy atom. The molecule has 0 aliphatic carbocycles. The lowest BCUT2D eigenvalue weighted by atomic mass is 10.1. The number of hydrogen-bond acceptors (Lipinski definition) is 12. The van der Waals surface area contributed by atoms with Crippen molar-refractivity contribution in [2.24, 2.45) is 0 Å². The molecule has 15 heteroatoms. The first-order valence-corrected chi connectivity index (χ1v) is 11.3. The molecule has 0 amide bonds. The number of rotatable bonds is 8. The Morgan fingerprint density at radius 2 is 1.81 bits per heavy atom. The summed E-state index contributed by atoms with van der Waals surface area (Å²) >= 11 is 0. The summed E-state index contributed by atoms with van der Waals surface area (Å²) < 4.78 is 29.6. The maximum Gasteiger partial charge on any atom is 0.361 e. The zero-order valence-electron chi connectivity index (χ0n) is 20.1. The molecule has 0 saturated carbocycles. The van der Waals surface area contributed by atoms with Crippen LogP contribution in [0.1, 0.15) is 60.5 Å². The molecule has 0 aromatic carbocycles. The van der Waals surface area contributed by atoms with Crippen LogP contribution in [-0.4, -0.2) is 85.5 Å². The third-order valence-corrected chi connectivity index (χ3v) is 5.61. The fraction of sp³-hybridized carbons (Fsp3) is 0.619. The second-order valence-electron chi connectivity index (χ2n) is 8.52. The molecule has 4 atom stereocenters. The van der Waals surface area contributed by atoms with E-state index in [0.717, 1.165) is 9.25 Å². The highest BCUT2D eigenvalue weighted by Crippen LogP contribution is 2.42. The van der Waals surface area contributed by atoms with Gasteiger partial charge in [0.05, 0.1) is 31.9 Å². The molecule has 2 aromatic heterocycles. The number of aliphatic hydroxyl groups is 1. The molecule has 2 aliphatic heterocycles. The van der Waals surface area contributed by atoms with Crippen molar-refractivity contribution in [1.82, 2.24) is 24.5 Å². The number of ether oxygens (including phenoxy) is 5. The Morgan fingerprint density at radius 3 is 2.47 bits per heavy atom. The Labute approximate surface area is 203 Å². The van der Waals surface area contributed by atoms with Crippen LogP contribution in [0.5, 0.6) is 0 Å². The van der Waals surface area contributed by atoms with Gasteiger partial charge in [-0.3, -0.25) is 14.3 Å². The minimum absolute atomic E-state index is 0.00812. The molecular weight excluding hydrogens is 482 g/mol. The van der Waals surface area contributed by atoms with Crippen molar-refractivity contribution >= 4 is 11.9 Å². The molecule has 2 fully saturated rings. The van der Waals surface area contributed by atoms with Crippen molar-refractivity contribution in [3.63, 3.8) is 0 Å². The summed E-state index contributed by atoms with van der Waals surface area (Å²) in [6.45, 7) is 5.90. The fourth-order valence-electron chi connectivity index (χ4n) is 4.18. The van der Waals surface area contributed by atoms with Gasteiger partial charge in [-0.2, -0.15) is 0 Å². The number of nitrogens with one attached hydrogen (secondary N) is 1. The van der Waals surface area contributed by atoms with E-state index in [1.807, 2.05) is 0 Å². The van der Waals surface area contributed by atoms with Crippen molar-refractivity contribution in [2.75, 3.05) is 19.8 Å². The average molecular weight is 509 g/mol. The summed E-state index contributed by atoms with van der Waals surface area (Å²) in [4.78, 5) is 52.4. The summed E-state index contributed by atoms with van der Waals surface area (Å²) in [7, 11) is 0. The predicted molar refractivity (Wildman–Crippen MR) is 117 cm³/mol. The number of carbonyl (C=O) groups excluding carboxylic acids is 2. The number of fused-ring (bicyclic) bond motifs is 1. The number of carbonyl (C=O) groups is 2. The summed E-state index contributed by atoms with van der Waals surface area (Å²) in [5.74, 6) is -2.74. The molecule has 2 N–H and O–H groups in total. The normalized spacial score (nSPS) is 24.5. The molecule has 196 valence electrons. The molecule has 0 radical (unpaired) electrons. The largest absolute Gasteiger partial charge is 0.461 e. The van der Waals surface area contributed by atoms with Gasteiger partial charge in [-0.05, 0) is 27.7 Å². The van der Waals surface area contributed by atoms with Gasteiger partial charge in [0.25, 0.3) is 5.56 Å². The second kappa shape index (κ2) is 9.93. The van der Waals surface area contributed by atoms with Crippen molar-refractivity contribution in [1.29, 1.82) is 0 Å². The van der Waals surface area contributed by atoms with Crippen LogP contribution in [0.2, 0.25) is 0 Å². The number of aliphatic hydroxyl groups excluding tert-OH is 1. The van der Waals surface area contributed by atoms with Crippen molar-refractivity contribution in [3.05, 3.63) is 44.0 Å².